The molecule has 23 heavy (non-hydrogen) atoms. The lowest BCUT2D eigenvalue weighted by molar-refractivity contribution is -0.116. The fraction of sp³-hybridized carbons (Fsp3) is 0.267. The molecule has 1 heterocycles. The SMILES string of the molecule is O=C(CCCNC(=O)OCc1ccccc1)Nc1ncc(Br)s1. The van der Waals surface area contributed by atoms with Gasteiger partial charge in [-0.3, -0.25) is 4.79 Å². The fourth-order valence-corrected chi connectivity index (χ4v) is 2.83. The molecule has 6 nitrogen and oxygen atoms in total. The Morgan fingerprint density at radius 1 is 1.26 bits per heavy atom. The Morgan fingerprint density at radius 2 is 2.04 bits per heavy atom. The van der Waals surface area contributed by atoms with Gasteiger partial charge in [-0.1, -0.05) is 41.7 Å². The molecule has 0 bridgehead atoms. The summed E-state index contributed by atoms with van der Waals surface area (Å²) in [5.41, 5.74) is 0.927. The van der Waals surface area contributed by atoms with Crippen molar-refractivity contribution in [3.8, 4) is 0 Å². The van der Waals surface area contributed by atoms with Crippen LogP contribution in [0.4, 0.5) is 9.93 Å². The van der Waals surface area contributed by atoms with Crippen LogP contribution in [-0.2, 0) is 16.1 Å². The normalized spacial score (nSPS) is 10.1. The van der Waals surface area contributed by atoms with Crippen molar-refractivity contribution in [1.82, 2.24) is 10.3 Å². The number of nitrogens with zero attached hydrogens (tertiary/aromatic N) is 1. The van der Waals surface area contributed by atoms with Crippen molar-refractivity contribution in [2.45, 2.75) is 19.4 Å². The lowest BCUT2D eigenvalue weighted by Crippen LogP contribution is -2.26. The summed E-state index contributed by atoms with van der Waals surface area (Å²) in [6.45, 7) is 0.606. The Kier molecular flexibility index (Phi) is 7.02. The first-order chi connectivity index (χ1) is 11.1. The van der Waals surface area contributed by atoms with Gasteiger partial charge < -0.3 is 15.4 Å². The summed E-state index contributed by atoms with van der Waals surface area (Å²) < 4.78 is 5.93. The number of alkyl carbamates (subject to hydrolysis) is 1. The van der Waals surface area contributed by atoms with Crippen LogP contribution in [0.25, 0.3) is 0 Å². The zero-order valence-electron chi connectivity index (χ0n) is 12.3. The Hall–Kier alpha value is -1.93. The van der Waals surface area contributed by atoms with Gasteiger partial charge in [0.1, 0.15) is 6.61 Å². The van der Waals surface area contributed by atoms with Gasteiger partial charge in [0.15, 0.2) is 5.13 Å². The molecule has 0 aliphatic rings. The predicted molar refractivity (Wildman–Crippen MR) is 92.3 cm³/mol. The van der Waals surface area contributed by atoms with Gasteiger partial charge in [0.05, 0.1) is 9.98 Å². The largest absolute Gasteiger partial charge is 0.445 e. The van der Waals surface area contributed by atoms with Gasteiger partial charge in [0, 0.05) is 13.0 Å². The number of hydrogen-bond acceptors (Lipinski definition) is 5. The van der Waals surface area contributed by atoms with E-state index in [4.69, 9.17) is 4.74 Å². The molecule has 0 saturated heterocycles. The van der Waals surface area contributed by atoms with Gasteiger partial charge in [-0.25, -0.2) is 9.78 Å². The Balaban J connectivity index is 1.56. The first kappa shape index (κ1) is 17.4. The molecule has 2 rings (SSSR count). The van der Waals surface area contributed by atoms with Gasteiger partial charge >= 0.3 is 6.09 Å². The molecule has 0 aliphatic carbocycles. The number of ether oxygens (including phenoxy) is 1. The molecular formula is C15H16BrN3O3S. The van der Waals surface area contributed by atoms with Gasteiger partial charge in [-0.15, -0.1) is 0 Å². The predicted octanol–water partition coefficient (Wildman–Crippen LogP) is 3.55. The molecule has 0 atom stereocenters. The van der Waals surface area contributed by atoms with Gasteiger partial charge in [-0.05, 0) is 27.9 Å². The van der Waals surface area contributed by atoms with Crippen LogP contribution in [-0.4, -0.2) is 23.5 Å². The van der Waals surface area contributed by atoms with E-state index in [2.05, 4.69) is 31.5 Å². The highest BCUT2D eigenvalue weighted by Crippen LogP contribution is 2.23. The number of carbonyl (C=O) groups excluding carboxylic acids is 2. The van der Waals surface area contributed by atoms with Crippen LogP contribution in [0.2, 0.25) is 0 Å². The minimum absolute atomic E-state index is 0.133. The lowest BCUT2D eigenvalue weighted by atomic mass is 10.2. The molecule has 2 aromatic rings. The van der Waals surface area contributed by atoms with Gasteiger partial charge in [-0.2, -0.15) is 0 Å². The van der Waals surface area contributed by atoms with Crippen molar-refractivity contribution in [1.29, 1.82) is 0 Å². The number of nitrogens with one attached hydrogen (secondary N) is 2. The van der Waals surface area contributed by atoms with Crippen LogP contribution in [0.1, 0.15) is 18.4 Å². The minimum Gasteiger partial charge on any atom is -0.445 e. The van der Waals surface area contributed by atoms with E-state index in [0.29, 0.717) is 24.5 Å². The zero-order chi connectivity index (χ0) is 16.5. The summed E-state index contributed by atoms with van der Waals surface area (Å²) in [6, 6.07) is 9.44. The highest BCUT2D eigenvalue weighted by Gasteiger charge is 2.07. The number of carbonyl (C=O) groups is 2. The van der Waals surface area contributed by atoms with Crippen molar-refractivity contribution in [2.24, 2.45) is 0 Å². The highest BCUT2D eigenvalue weighted by atomic mass is 79.9. The van der Waals surface area contributed by atoms with Gasteiger partial charge in [0.2, 0.25) is 5.91 Å². The zero-order valence-corrected chi connectivity index (χ0v) is 14.7. The van der Waals surface area contributed by atoms with Crippen molar-refractivity contribution in [3.05, 3.63) is 45.9 Å². The van der Waals surface area contributed by atoms with Crippen LogP contribution < -0.4 is 10.6 Å². The first-order valence-corrected chi connectivity index (χ1v) is 8.60. The van der Waals surface area contributed by atoms with E-state index in [0.717, 1.165) is 9.35 Å². The van der Waals surface area contributed by atoms with E-state index in [9.17, 15) is 9.59 Å². The maximum atomic E-state index is 11.7. The average molecular weight is 398 g/mol. The third kappa shape index (κ3) is 6.79. The highest BCUT2D eigenvalue weighted by molar-refractivity contribution is 9.11. The van der Waals surface area contributed by atoms with Crippen LogP contribution in [0.5, 0.6) is 0 Å². The maximum absolute atomic E-state index is 11.7. The van der Waals surface area contributed by atoms with Crippen molar-refractivity contribution in [3.63, 3.8) is 0 Å². The Morgan fingerprint density at radius 3 is 2.74 bits per heavy atom. The average Bonchev–Trinajstić information content (AvgIpc) is 2.95. The molecule has 1 aromatic heterocycles. The molecule has 8 heteroatoms. The third-order valence-electron chi connectivity index (χ3n) is 2.79. The number of hydrogen-bond donors (Lipinski definition) is 2. The molecule has 0 spiro atoms. The van der Waals surface area contributed by atoms with Crippen LogP contribution >= 0.6 is 27.3 Å². The summed E-state index contributed by atoms with van der Waals surface area (Å²) >= 11 is 4.63. The third-order valence-corrected chi connectivity index (χ3v) is 4.18. The second-order valence-corrected chi connectivity index (χ2v) is 7.02. The van der Waals surface area contributed by atoms with E-state index in [1.807, 2.05) is 30.3 Å². The quantitative estimate of drug-likeness (QED) is 0.699. The van der Waals surface area contributed by atoms with E-state index >= 15 is 0 Å². The summed E-state index contributed by atoms with van der Waals surface area (Å²) in [4.78, 5) is 27.2. The lowest BCUT2D eigenvalue weighted by Gasteiger charge is -2.07. The summed E-state index contributed by atoms with van der Waals surface area (Å²) in [7, 11) is 0. The molecule has 2 amide bonds. The van der Waals surface area contributed by atoms with E-state index in [1.54, 1.807) is 6.20 Å². The van der Waals surface area contributed by atoms with Crippen molar-refractivity contribution < 1.29 is 14.3 Å². The van der Waals surface area contributed by atoms with Crippen molar-refractivity contribution in [2.75, 3.05) is 11.9 Å². The van der Waals surface area contributed by atoms with E-state index in [1.165, 1.54) is 11.3 Å². The van der Waals surface area contributed by atoms with Crippen LogP contribution in [0.3, 0.4) is 0 Å². The number of amides is 2. The second-order valence-electron chi connectivity index (χ2n) is 4.61. The fourth-order valence-electron chi connectivity index (χ4n) is 1.71. The smallest absolute Gasteiger partial charge is 0.407 e. The number of thiazole rings is 1. The molecular weight excluding hydrogens is 382 g/mol. The monoisotopic (exact) mass is 397 g/mol. The maximum Gasteiger partial charge on any atom is 0.407 e. The second kappa shape index (κ2) is 9.26. The molecule has 0 saturated carbocycles. The molecule has 0 aliphatic heterocycles. The molecule has 0 fully saturated rings. The summed E-state index contributed by atoms with van der Waals surface area (Å²) in [5.74, 6) is -0.133. The number of anilines is 1. The molecule has 1 aromatic carbocycles. The van der Waals surface area contributed by atoms with Gasteiger partial charge in [0.25, 0.3) is 0 Å². The van der Waals surface area contributed by atoms with Crippen LogP contribution in [0, 0.1) is 0 Å². The summed E-state index contributed by atoms with van der Waals surface area (Å²) in [5, 5.41) is 5.86. The standard InChI is InChI=1S/C15H16BrN3O3S/c16-12-9-18-14(23-12)19-13(20)7-4-8-17-15(21)22-10-11-5-2-1-3-6-11/h1-3,5-6,9H,4,7-8,10H2,(H,17,21)(H,18,19,20). The van der Waals surface area contributed by atoms with E-state index < -0.39 is 6.09 Å². The Labute approximate surface area is 146 Å². The minimum atomic E-state index is -0.488. The van der Waals surface area contributed by atoms with Crippen LogP contribution in [0.15, 0.2) is 40.3 Å². The topological polar surface area (TPSA) is 80.3 Å². The number of benzene rings is 1. The first-order valence-electron chi connectivity index (χ1n) is 6.99. The van der Waals surface area contributed by atoms with Crippen molar-refractivity contribution >= 4 is 44.4 Å². The number of rotatable bonds is 7. The number of halogens is 1. The molecule has 0 radical (unpaired) electrons. The summed E-state index contributed by atoms with van der Waals surface area (Å²) in [6.07, 6.45) is 1.97. The molecule has 0 unspecified atom stereocenters. The number of aromatic nitrogens is 1. The van der Waals surface area contributed by atoms with E-state index in [-0.39, 0.29) is 12.5 Å². The molecule has 2 N–H and O–H groups in total. The Bertz CT molecular complexity index is 648. The molecule has 122 valence electrons.